The van der Waals surface area contributed by atoms with Crippen LogP contribution in [0.15, 0.2) is 0 Å². The van der Waals surface area contributed by atoms with Crippen LogP contribution in [0.4, 0.5) is 0 Å². The molecule has 0 aromatic heterocycles. The van der Waals surface area contributed by atoms with Crippen molar-refractivity contribution in [2.45, 2.75) is 11.7 Å². The molecule has 2 fully saturated rings. The minimum atomic E-state index is 0.698. The number of thiol groups is 1. The van der Waals surface area contributed by atoms with Crippen molar-refractivity contribution in [3.05, 3.63) is 0 Å². The van der Waals surface area contributed by atoms with Gasteiger partial charge in [-0.15, -0.1) is 0 Å². The highest BCUT2D eigenvalue weighted by Gasteiger charge is 2.35. The summed E-state index contributed by atoms with van der Waals surface area (Å²) in [7, 11) is 0. The summed E-state index contributed by atoms with van der Waals surface area (Å²) in [6, 6.07) is 0. The first-order valence-electron chi connectivity index (χ1n) is 3.26. The molecule has 0 radical (unpaired) electrons. The highest BCUT2D eigenvalue weighted by Crippen LogP contribution is 2.30. The molecule has 0 N–H and O–H groups in total. The number of hydrogen-bond donors (Lipinski definition) is 1. The highest BCUT2D eigenvalue weighted by atomic mass is 32.1. The van der Waals surface area contributed by atoms with Crippen LogP contribution in [0.25, 0.3) is 0 Å². The molecule has 0 aliphatic carbocycles. The van der Waals surface area contributed by atoms with Crippen LogP contribution in [0, 0.1) is 5.92 Å². The summed E-state index contributed by atoms with van der Waals surface area (Å²) in [5, 5.41) is 0.698. The SMILES string of the molecule is S[C@H]1CN2CC[C@@H]1C2. The van der Waals surface area contributed by atoms with Crippen molar-refractivity contribution < 1.29 is 0 Å². The lowest BCUT2D eigenvalue weighted by molar-refractivity contribution is 0.372. The van der Waals surface area contributed by atoms with Crippen molar-refractivity contribution in [2.75, 3.05) is 19.6 Å². The molecule has 2 aliphatic heterocycles. The van der Waals surface area contributed by atoms with Crippen LogP contribution in [0.1, 0.15) is 6.42 Å². The van der Waals surface area contributed by atoms with Crippen LogP contribution in [0.5, 0.6) is 0 Å². The largest absolute Gasteiger partial charge is 0.302 e. The molecule has 8 heavy (non-hydrogen) atoms. The molecule has 1 unspecified atom stereocenters. The second kappa shape index (κ2) is 1.64. The van der Waals surface area contributed by atoms with Gasteiger partial charge in [0.1, 0.15) is 0 Å². The van der Waals surface area contributed by atoms with E-state index in [9.17, 15) is 0 Å². The Morgan fingerprint density at radius 1 is 1.38 bits per heavy atom. The van der Waals surface area contributed by atoms with E-state index in [4.69, 9.17) is 0 Å². The average molecular weight is 129 g/mol. The minimum Gasteiger partial charge on any atom is -0.302 e. The summed E-state index contributed by atoms with van der Waals surface area (Å²) in [5.74, 6) is 0.929. The lowest BCUT2D eigenvalue weighted by Crippen LogP contribution is -2.23. The molecule has 2 rings (SSSR count). The molecule has 46 valence electrons. The molecule has 2 saturated heterocycles. The van der Waals surface area contributed by atoms with E-state index in [1.165, 1.54) is 26.1 Å². The first kappa shape index (κ1) is 5.12. The van der Waals surface area contributed by atoms with Crippen LogP contribution in [-0.2, 0) is 0 Å². The number of piperidine rings is 1. The fraction of sp³-hybridized carbons (Fsp3) is 1.00. The van der Waals surface area contributed by atoms with Crippen LogP contribution >= 0.6 is 12.6 Å². The Bertz CT molecular complexity index is 103. The van der Waals surface area contributed by atoms with E-state index in [1.54, 1.807) is 0 Å². The number of nitrogens with zero attached hydrogens (tertiary/aromatic N) is 1. The Kier molecular flexibility index (Phi) is 1.05. The smallest absolute Gasteiger partial charge is 0.0185 e. The van der Waals surface area contributed by atoms with Crippen molar-refractivity contribution in [1.29, 1.82) is 0 Å². The van der Waals surface area contributed by atoms with Gasteiger partial charge in [0, 0.05) is 18.3 Å². The fourth-order valence-corrected chi connectivity index (χ4v) is 2.23. The summed E-state index contributed by atoms with van der Waals surface area (Å²) in [5.41, 5.74) is 0. The summed E-state index contributed by atoms with van der Waals surface area (Å²) < 4.78 is 0. The van der Waals surface area contributed by atoms with Gasteiger partial charge in [-0.1, -0.05) is 0 Å². The van der Waals surface area contributed by atoms with Gasteiger partial charge >= 0.3 is 0 Å². The molecule has 2 aliphatic rings. The topological polar surface area (TPSA) is 3.24 Å². The molecule has 0 spiro atoms. The normalized spacial score (nSPS) is 52.9. The first-order valence-corrected chi connectivity index (χ1v) is 3.78. The molecule has 1 nitrogen and oxygen atoms in total. The molecule has 0 aromatic rings. The lowest BCUT2D eigenvalue weighted by Gasteiger charge is -2.16. The second-order valence-electron chi connectivity index (χ2n) is 2.88. The second-order valence-corrected chi connectivity index (χ2v) is 3.54. The van der Waals surface area contributed by atoms with Gasteiger partial charge in [0.25, 0.3) is 0 Å². The van der Waals surface area contributed by atoms with Gasteiger partial charge in [-0.05, 0) is 18.9 Å². The minimum absolute atomic E-state index is 0.698. The van der Waals surface area contributed by atoms with Crippen molar-refractivity contribution >= 4 is 12.6 Å². The number of fused-ring (bicyclic) bond motifs is 2. The van der Waals surface area contributed by atoms with Gasteiger partial charge in [-0.25, -0.2) is 0 Å². The Morgan fingerprint density at radius 2 is 2.25 bits per heavy atom. The third-order valence-electron chi connectivity index (χ3n) is 2.30. The van der Waals surface area contributed by atoms with Crippen molar-refractivity contribution in [1.82, 2.24) is 4.90 Å². The lowest BCUT2D eigenvalue weighted by atomic mass is 10.1. The van der Waals surface area contributed by atoms with Gasteiger partial charge in [0.15, 0.2) is 0 Å². The predicted octanol–water partition coefficient (Wildman–Crippen LogP) is 0.620. The van der Waals surface area contributed by atoms with Gasteiger partial charge in [-0.2, -0.15) is 12.6 Å². The zero-order chi connectivity index (χ0) is 5.56. The molecular weight excluding hydrogens is 118 g/mol. The van der Waals surface area contributed by atoms with Crippen LogP contribution < -0.4 is 0 Å². The van der Waals surface area contributed by atoms with Crippen molar-refractivity contribution in [3.8, 4) is 0 Å². The Labute approximate surface area is 55.5 Å². The van der Waals surface area contributed by atoms with Crippen LogP contribution in [0.3, 0.4) is 0 Å². The quantitative estimate of drug-likeness (QED) is 0.469. The molecule has 3 atom stereocenters. The van der Waals surface area contributed by atoms with Gasteiger partial charge in [0.05, 0.1) is 0 Å². The van der Waals surface area contributed by atoms with Crippen molar-refractivity contribution in [3.63, 3.8) is 0 Å². The maximum atomic E-state index is 4.46. The van der Waals surface area contributed by atoms with Gasteiger partial charge in [0.2, 0.25) is 0 Å². The third-order valence-corrected chi connectivity index (χ3v) is 2.88. The first-order chi connectivity index (χ1) is 3.86. The molecule has 2 heteroatoms. The monoisotopic (exact) mass is 129 g/mol. The van der Waals surface area contributed by atoms with E-state index in [0.717, 1.165) is 5.92 Å². The molecular formula is C6H11NS. The average Bonchev–Trinajstić information content (AvgIpc) is 2.23. The molecule has 0 amide bonds. The van der Waals surface area contributed by atoms with Crippen molar-refractivity contribution in [2.24, 2.45) is 5.92 Å². The van der Waals surface area contributed by atoms with Crippen LogP contribution in [0.2, 0.25) is 0 Å². The van der Waals surface area contributed by atoms with E-state index in [0.29, 0.717) is 5.25 Å². The maximum absolute atomic E-state index is 4.46. The summed E-state index contributed by atoms with van der Waals surface area (Å²) in [6.45, 7) is 3.91. The molecule has 2 bridgehead atoms. The Hall–Kier alpha value is 0.310. The predicted molar refractivity (Wildman–Crippen MR) is 37.3 cm³/mol. The van der Waals surface area contributed by atoms with E-state index in [-0.39, 0.29) is 0 Å². The Morgan fingerprint density at radius 3 is 2.50 bits per heavy atom. The van der Waals surface area contributed by atoms with Crippen LogP contribution in [-0.4, -0.2) is 29.8 Å². The third kappa shape index (κ3) is 0.594. The van der Waals surface area contributed by atoms with E-state index in [1.807, 2.05) is 0 Å². The van der Waals surface area contributed by atoms with E-state index in [2.05, 4.69) is 17.5 Å². The number of hydrogen-bond acceptors (Lipinski definition) is 2. The van der Waals surface area contributed by atoms with Gasteiger partial charge in [-0.3, -0.25) is 0 Å². The van der Waals surface area contributed by atoms with Gasteiger partial charge < -0.3 is 4.90 Å². The summed E-state index contributed by atoms with van der Waals surface area (Å²) in [6.07, 6.45) is 1.40. The fourth-order valence-electron chi connectivity index (χ4n) is 1.76. The Balaban J connectivity index is 2.11. The summed E-state index contributed by atoms with van der Waals surface area (Å²) in [4.78, 5) is 2.50. The molecule has 0 aromatic carbocycles. The maximum Gasteiger partial charge on any atom is 0.0185 e. The number of rotatable bonds is 0. The standard InChI is InChI=1S/C6H11NS/c8-6-4-7-2-1-5(6)3-7/h5-6,8H,1-4H2/t5-,6+/m1/s1. The highest BCUT2D eigenvalue weighted by molar-refractivity contribution is 7.81. The molecule has 0 saturated carbocycles. The van der Waals surface area contributed by atoms with E-state index >= 15 is 0 Å². The zero-order valence-electron chi connectivity index (χ0n) is 4.88. The molecule has 2 heterocycles. The zero-order valence-corrected chi connectivity index (χ0v) is 5.77. The summed E-state index contributed by atoms with van der Waals surface area (Å²) >= 11 is 4.46. The van der Waals surface area contributed by atoms with E-state index < -0.39 is 0 Å².